The van der Waals surface area contributed by atoms with E-state index < -0.39 is 23.7 Å². The molecule has 158 valence electrons. The van der Waals surface area contributed by atoms with Gasteiger partial charge < -0.3 is 19.4 Å². The maximum absolute atomic E-state index is 12.9. The molecule has 1 aromatic heterocycles. The van der Waals surface area contributed by atoms with Gasteiger partial charge in [0, 0.05) is 31.9 Å². The lowest BCUT2D eigenvalue weighted by molar-refractivity contribution is -0.147. The van der Waals surface area contributed by atoms with Crippen LogP contribution in [0.15, 0.2) is 60.8 Å². The van der Waals surface area contributed by atoms with Crippen LogP contribution < -0.4 is 5.32 Å². The standard InChI is InChI=1S/C24H28N2O4/c1-24(2,3)30-23(28)25-20(22(27)29-16-17-10-6-5-7-11-17)14-18-15-26(4)21-13-9-8-12-19(18)21/h5-13,15,20H,14,16H2,1-4H3,(H,25,28)/t20-/m0/s1/i4D. The second-order valence-corrected chi connectivity index (χ2v) is 8.14. The highest BCUT2D eigenvalue weighted by atomic mass is 16.6. The van der Waals surface area contributed by atoms with E-state index in [1.54, 1.807) is 25.3 Å². The largest absolute Gasteiger partial charge is 0.459 e. The van der Waals surface area contributed by atoms with Crippen molar-refractivity contribution in [2.24, 2.45) is 7.02 Å². The predicted molar refractivity (Wildman–Crippen MR) is 116 cm³/mol. The zero-order valence-corrected chi connectivity index (χ0v) is 17.6. The van der Waals surface area contributed by atoms with Gasteiger partial charge in [-0.15, -0.1) is 0 Å². The second kappa shape index (κ2) is 9.03. The molecule has 0 spiro atoms. The van der Waals surface area contributed by atoms with Crippen molar-refractivity contribution in [1.29, 1.82) is 0 Å². The van der Waals surface area contributed by atoms with Gasteiger partial charge in [0.05, 0.1) is 0 Å². The number of fused-ring (bicyclic) bond motifs is 1. The molecule has 1 heterocycles. The Morgan fingerprint density at radius 1 is 1.10 bits per heavy atom. The lowest BCUT2D eigenvalue weighted by atomic mass is 10.1. The Bertz CT molecular complexity index is 1040. The molecule has 0 unspecified atom stereocenters. The van der Waals surface area contributed by atoms with Crippen LogP contribution in [0.1, 0.15) is 33.3 Å². The van der Waals surface area contributed by atoms with E-state index in [0.717, 1.165) is 22.0 Å². The summed E-state index contributed by atoms with van der Waals surface area (Å²) >= 11 is 0. The molecule has 0 bridgehead atoms. The Labute approximate surface area is 178 Å². The van der Waals surface area contributed by atoms with Crippen molar-refractivity contribution in [1.82, 2.24) is 9.88 Å². The fourth-order valence-electron chi connectivity index (χ4n) is 3.18. The molecule has 0 aliphatic carbocycles. The highest BCUT2D eigenvalue weighted by Crippen LogP contribution is 2.22. The molecule has 6 nitrogen and oxygen atoms in total. The molecule has 1 atom stereocenters. The number of amides is 1. The smallest absolute Gasteiger partial charge is 0.408 e. The van der Waals surface area contributed by atoms with Crippen LogP contribution in [0.5, 0.6) is 0 Å². The molecule has 3 aromatic rings. The van der Waals surface area contributed by atoms with Crippen molar-refractivity contribution in [3.63, 3.8) is 0 Å². The van der Waals surface area contributed by atoms with Crippen molar-refractivity contribution >= 4 is 23.0 Å². The summed E-state index contributed by atoms with van der Waals surface area (Å²) in [4.78, 5) is 25.3. The summed E-state index contributed by atoms with van der Waals surface area (Å²) in [5.74, 6) is -0.544. The molecule has 30 heavy (non-hydrogen) atoms. The average molecular weight is 410 g/mol. The van der Waals surface area contributed by atoms with Crippen LogP contribution >= 0.6 is 0 Å². The number of ether oxygens (including phenoxy) is 2. The van der Waals surface area contributed by atoms with Crippen molar-refractivity contribution < 1.29 is 20.4 Å². The zero-order chi connectivity index (χ0) is 22.4. The molecular weight excluding hydrogens is 380 g/mol. The number of aromatic nitrogens is 1. The zero-order valence-electron chi connectivity index (χ0n) is 18.6. The van der Waals surface area contributed by atoms with Gasteiger partial charge in [-0.3, -0.25) is 0 Å². The lowest BCUT2D eigenvalue weighted by Crippen LogP contribution is -2.45. The molecule has 0 saturated carbocycles. The van der Waals surface area contributed by atoms with Gasteiger partial charge in [-0.25, -0.2) is 9.59 Å². The third-order valence-corrected chi connectivity index (χ3v) is 4.49. The van der Waals surface area contributed by atoms with Gasteiger partial charge in [-0.2, -0.15) is 0 Å². The van der Waals surface area contributed by atoms with Crippen LogP contribution in [0, 0.1) is 0 Å². The Kier molecular flexibility index (Phi) is 6.02. The molecule has 2 aromatic carbocycles. The quantitative estimate of drug-likeness (QED) is 0.614. The number of esters is 1. The number of nitrogens with one attached hydrogen (secondary N) is 1. The minimum absolute atomic E-state index is 0.0587. The van der Waals surface area contributed by atoms with E-state index in [0.29, 0.717) is 0 Å². The number of para-hydroxylation sites is 1. The normalized spacial score (nSPS) is 12.8. The van der Waals surface area contributed by atoms with Gasteiger partial charge >= 0.3 is 12.1 Å². The van der Waals surface area contributed by atoms with Crippen LogP contribution in [0.4, 0.5) is 4.79 Å². The summed E-state index contributed by atoms with van der Waals surface area (Å²) in [7, 11) is 0.0587. The van der Waals surface area contributed by atoms with Crippen LogP contribution in [0.25, 0.3) is 10.9 Å². The van der Waals surface area contributed by atoms with Crippen molar-refractivity contribution in [3.8, 4) is 0 Å². The van der Waals surface area contributed by atoms with Crippen LogP contribution in [0.3, 0.4) is 0 Å². The van der Waals surface area contributed by atoms with Gasteiger partial charge in [-0.1, -0.05) is 48.5 Å². The van der Waals surface area contributed by atoms with E-state index in [9.17, 15) is 9.59 Å². The van der Waals surface area contributed by atoms with Crippen LogP contribution in [-0.2, 0) is 34.3 Å². The maximum atomic E-state index is 12.9. The third-order valence-electron chi connectivity index (χ3n) is 4.49. The van der Waals surface area contributed by atoms with Gasteiger partial charge in [0.1, 0.15) is 18.2 Å². The Morgan fingerprint density at radius 3 is 2.50 bits per heavy atom. The van der Waals surface area contributed by atoms with Crippen LogP contribution in [-0.4, -0.2) is 28.3 Å². The summed E-state index contributed by atoms with van der Waals surface area (Å²) in [6.07, 6.45) is 1.38. The third kappa shape index (κ3) is 5.63. The molecule has 3 rings (SSSR count). The molecule has 1 amide bonds. The van der Waals surface area contributed by atoms with E-state index in [-0.39, 0.29) is 20.1 Å². The number of benzene rings is 2. The molecular formula is C24H28N2O4. The number of alkyl carbamates (subject to hydrolysis) is 1. The van der Waals surface area contributed by atoms with Gasteiger partial charge in [0.15, 0.2) is 0 Å². The maximum Gasteiger partial charge on any atom is 0.408 e. The number of aryl methyl sites for hydroxylation is 1. The average Bonchev–Trinajstić information content (AvgIpc) is 3.08. The van der Waals surface area contributed by atoms with Gasteiger partial charge in [-0.05, 0) is 38.0 Å². The number of carbonyl (C=O) groups excluding carboxylic acids is 2. The molecule has 6 heteroatoms. The summed E-state index contributed by atoms with van der Waals surface area (Å²) < 4.78 is 20.4. The lowest BCUT2D eigenvalue weighted by Gasteiger charge is -2.23. The van der Waals surface area contributed by atoms with Crippen molar-refractivity contribution in [2.75, 3.05) is 0 Å². The molecule has 0 aliphatic rings. The highest BCUT2D eigenvalue weighted by Gasteiger charge is 2.27. The number of hydrogen-bond donors (Lipinski definition) is 1. The Balaban J connectivity index is 1.81. The second-order valence-electron chi connectivity index (χ2n) is 8.14. The van der Waals surface area contributed by atoms with E-state index in [2.05, 4.69) is 5.32 Å². The number of carbonyl (C=O) groups is 2. The SMILES string of the molecule is [2H]Cn1cc(C[C@H](NC(=O)OC(C)(C)C)C(=O)OCc2ccccc2)c2ccccc21. The first kappa shape index (κ1) is 20.0. The van der Waals surface area contributed by atoms with Crippen LogP contribution in [0.2, 0.25) is 0 Å². The first-order chi connectivity index (χ1) is 14.8. The summed E-state index contributed by atoms with van der Waals surface area (Å²) in [5, 5.41) is 3.59. The minimum atomic E-state index is -0.927. The first-order valence-electron chi connectivity index (χ1n) is 10.5. The summed E-state index contributed by atoms with van der Waals surface area (Å²) in [6, 6.07) is 16.1. The molecule has 0 fully saturated rings. The highest BCUT2D eigenvalue weighted by molar-refractivity contribution is 5.86. The molecule has 1 N–H and O–H groups in total. The number of rotatable bonds is 6. The topological polar surface area (TPSA) is 69.6 Å². The fourth-order valence-corrected chi connectivity index (χ4v) is 3.18. The Hall–Kier alpha value is -3.28. The fraction of sp³-hybridized carbons (Fsp3) is 0.333. The summed E-state index contributed by atoms with van der Waals surface area (Å²) in [6.45, 7) is 5.40. The van der Waals surface area contributed by atoms with E-state index >= 15 is 0 Å². The van der Waals surface area contributed by atoms with Gasteiger partial charge in [0.2, 0.25) is 0 Å². The molecule has 0 aliphatic heterocycles. The van der Waals surface area contributed by atoms with Gasteiger partial charge in [0.25, 0.3) is 0 Å². The number of hydrogen-bond acceptors (Lipinski definition) is 4. The molecule has 0 saturated heterocycles. The minimum Gasteiger partial charge on any atom is -0.459 e. The van der Waals surface area contributed by atoms with E-state index in [1.807, 2.05) is 60.8 Å². The van der Waals surface area contributed by atoms with E-state index in [1.165, 1.54) is 0 Å². The predicted octanol–water partition coefficient (Wildman–Crippen LogP) is 4.36. The van der Waals surface area contributed by atoms with Crippen molar-refractivity contribution in [3.05, 3.63) is 71.9 Å². The first-order valence-corrected chi connectivity index (χ1v) is 9.83. The summed E-state index contributed by atoms with van der Waals surface area (Å²) in [5.41, 5.74) is 1.92. The Morgan fingerprint density at radius 2 is 1.80 bits per heavy atom. The monoisotopic (exact) mass is 409 g/mol. The van der Waals surface area contributed by atoms with E-state index in [4.69, 9.17) is 10.8 Å². The molecule has 0 radical (unpaired) electrons. The van der Waals surface area contributed by atoms with Crippen molar-refractivity contribution in [2.45, 2.75) is 45.4 Å². The number of nitrogens with zero attached hydrogens (tertiary/aromatic N) is 1.